The molecule has 0 spiro atoms. The topological polar surface area (TPSA) is 44.5 Å². The van der Waals surface area contributed by atoms with Crippen LogP contribution in [0.4, 0.5) is 0 Å². The summed E-state index contributed by atoms with van der Waals surface area (Å²) in [6.45, 7) is 6.08. The molecule has 0 radical (unpaired) electrons. The first kappa shape index (κ1) is 13.0. The zero-order valence-electron chi connectivity index (χ0n) is 10.7. The maximum atomic E-state index is 6.18. The summed E-state index contributed by atoms with van der Waals surface area (Å²) >= 11 is 0. The van der Waals surface area contributed by atoms with E-state index in [0.717, 1.165) is 22.4 Å². The van der Waals surface area contributed by atoms with Crippen molar-refractivity contribution < 1.29 is 9.47 Å². The molecule has 90 valence electrons. The number of rotatable bonds is 4. The third-order valence-corrected chi connectivity index (χ3v) is 3.01. The van der Waals surface area contributed by atoms with Crippen LogP contribution in [0.1, 0.15) is 29.7 Å². The molecule has 0 saturated heterocycles. The second-order valence-electron chi connectivity index (χ2n) is 4.14. The van der Waals surface area contributed by atoms with Gasteiger partial charge in [-0.3, -0.25) is 0 Å². The quantitative estimate of drug-likeness (QED) is 0.852. The molecule has 0 bridgehead atoms. The second-order valence-corrected chi connectivity index (χ2v) is 4.14. The molecule has 0 aliphatic carbocycles. The molecule has 0 aromatic heterocycles. The van der Waals surface area contributed by atoms with Crippen LogP contribution in [0.5, 0.6) is 5.75 Å². The molecular formula is C13H21NO2. The van der Waals surface area contributed by atoms with Gasteiger partial charge in [0.25, 0.3) is 0 Å². The Labute approximate surface area is 97.6 Å². The van der Waals surface area contributed by atoms with Crippen molar-refractivity contribution in [3.05, 3.63) is 28.8 Å². The molecule has 2 N–H and O–H groups in total. The van der Waals surface area contributed by atoms with Crippen LogP contribution in [0.2, 0.25) is 0 Å². The van der Waals surface area contributed by atoms with Gasteiger partial charge in [-0.2, -0.15) is 0 Å². The van der Waals surface area contributed by atoms with Gasteiger partial charge in [0, 0.05) is 7.11 Å². The van der Waals surface area contributed by atoms with Crippen molar-refractivity contribution in [3.8, 4) is 5.75 Å². The van der Waals surface area contributed by atoms with Gasteiger partial charge in [0.05, 0.1) is 19.3 Å². The molecule has 0 amide bonds. The SMILES string of the molecule is COc1cc(C)c(C(N)C(C)OC)c(C)c1. The number of nitrogens with two attached hydrogens (primary N) is 1. The van der Waals surface area contributed by atoms with Crippen molar-refractivity contribution in [1.82, 2.24) is 0 Å². The first-order valence-electron chi connectivity index (χ1n) is 5.44. The van der Waals surface area contributed by atoms with Gasteiger partial charge in [0.2, 0.25) is 0 Å². The van der Waals surface area contributed by atoms with E-state index < -0.39 is 0 Å². The van der Waals surface area contributed by atoms with Crippen molar-refractivity contribution in [1.29, 1.82) is 0 Å². The van der Waals surface area contributed by atoms with Gasteiger partial charge in [0.15, 0.2) is 0 Å². The van der Waals surface area contributed by atoms with E-state index in [1.807, 2.05) is 32.9 Å². The fourth-order valence-corrected chi connectivity index (χ4v) is 1.96. The Hall–Kier alpha value is -1.06. The Morgan fingerprint density at radius 2 is 1.62 bits per heavy atom. The normalized spacial score (nSPS) is 14.6. The Morgan fingerprint density at radius 1 is 1.12 bits per heavy atom. The first-order valence-corrected chi connectivity index (χ1v) is 5.44. The van der Waals surface area contributed by atoms with Gasteiger partial charge in [-0.25, -0.2) is 0 Å². The highest BCUT2D eigenvalue weighted by Crippen LogP contribution is 2.27. The number of benzene rings is 1. The Morgan fingerprint density at radius 3 is 2.00 bits per heavy atom. The van der Waals surface area contributed by atoms with E-state index in [1.54, 1.807) is 14.2 Å². The molecule has 16 heavy (non-hydrogen) atoms. The molecule has 0 aliphatic heterocycles. The van der Waals surface area contributed by atoms with Crippen molar-refractivity contribution >= 4 is 0 Å². The maximum Gasteiger partial charge on any atom is 0.119 e. The molecule has 0 fully saturated rings. The smallest absolute Gasteiger partial charge is 0.119 e. The number of ether oxygens (including phenoxy) is 2. The number of aryl methyl sites for hydroxylation is 2. The number of hydrogen-bond donors (Lipinski definition) is 1. The zero-order chi connectivity index (χ0) is 12.3. The van der Waals surface area contributed by atoms with E-state index in [1.165, 1.54) is 0 Å². The van der Waals surface area contributed by atoms with Crippen LogP contribution in [-0.2, 0) is 4.74 Å². The molecule has 1 aromatic carbocycles. The Kier molecular flexibility index (Phi) is 4.33. The van der Waals surface area contributed by atoms with E-state index in [4.69, 9.17) is 15.2 Å². The fraction of sp³-hybridized carbons (Fsp3) is 0.538. The summed E-state index contributed by atoms with van der Waals surface area (Å²) < 4.78 is 10.5. The molecule has 0 heterocycles. The Balaban J connectivity index is 3.14. The molecular weight excluding hydrogens is 202 g/mol. The van der Waals surface area contributed by atoms with E-state index in [0.29, 0.717) is 0 Å². The monoisotopic (exact) mass is 223 g/mol. The summed E-state index contributed by atoms with van der Waals surface area (Å²) in [6.07, 6.45) is 0.00537. The molecule has 3 heteroatoms. The molecule has 3 nitrogen and oxygen atoms in total. The van der Waals surface area contributed by atoms with Crippen molar-refractivity contribution in [2.24, 2.45) is 5.73 Å². The minimum atomic E-state index is -0.101. The second kappa shape index (κ2) is 5.32. The zero-order valence-corrected chi connectivity index (χ0v) is 10.7. The predicted octanol–water partition coefficient (Wildman–Crippen LogP) is 2.35. The van der Waals surface area contributed by atoms with Gasteiger partial charge in [-0.05, 0) is 49.6 Å². The highest BCUT2D eigenvalue weighted by Gasteiger charge is 2.18. The predicted molar refractivity (Wildman–Crippen MR) is 65.9 cm³/mol. The third-order valence-electron chi connectivity index (χ3n) is 3.01. The molecule has 2 unspecified atom stereocenters. The largest absolute Gasteiger partial charge is 0.497 e. The van der Waals surface area contributed by atoms with Crippen LogP contribution in [0.15, 0.2) is 12.1 Å². The number of hydrogen-bond acceptors (Lipinski definition) is 3. The van der Waals surface area contributed by atoms with Crippen LogP contribution in [0, 0.1) is 13.8 Å². The van der Waals surface area contributed by atoms with Crippen LogP contribution in [0.25, 0.3) is 0 Å². The highest BCUT2D eigenvalue weighted by molar-refractivity contribution is 5.43. The lowest BCUT2D eigenvalue weighted by Crippen LogP contribution is -2.26. The van der Waals surface area contributed by atoms with Crippen LogP contribution in [0.3, 0.4) is 0 Å². The van der Waals surface area contributed by atoms with E-state index in [2.05, 4.69) is 0 Å². The summed E-state index contributed by atoms with van der Waals surface area (Å²) in [5.41, 5.74) is 9.62. The molecule has 1 rings (SSSR count). The minimum absolute atomic E-state index is 0.00537. The summed E-state index contributed by atoms with van der Waals surface area (Å²) in [7, 11) is 3.35. The lowest BCUT2D eigenvalue weighted by molar-refractivity contribution is 0.0953. The fourth-order valence-electron chi connectivity index (χ4n) is 1.96. The van der Waals surface area contributed by atoms with Gasteiger partial charge in [-0.15, -0.1) is 0 Å². The van der Waals surface area contributed by atoms with Crippen molar-refractivity contribution in [2.75, 3.05) is 14.2 Å². The highest BCUT2D eigenvalue weighted by atomic mass is 16.5. The summed E-state index contributed by atoms with van der Waals surface area (Å²) in [4.78, 5) is 0. The van der Waals surface area contributed by atoms with E-state index in [9.17, 15) is 0 Å². The van der Waals surface area contributed by atoms with Gasteiger partial charge < -0.3 is 15.2 Å². The average Bonchev–Trinajstić information content (AvgIpc) is 2.26. The molecule has 0 aliphatic rings. The Bertz CT molecular complexity index is 340. The average molecular weight is 223 g/mol. The van der Waals surface area contributed by atoms with Crippen molar-refractivity contribution in [3.63, 3.8) is 0 Å². The van der Waals surface area contributed by atoms with Crippen LogP contribution >= 0.6 is 0 Å². The summed E-state index contributed by atoms with van der Waals surface area (Å²) in [5.74, 6) is 0.871. The van der Waals surface area contributed by atoms with E-state index in [-0.39, 0.29) is 12.1 Å². The minimum Gasteiger partial charge on any atom is -0.497 e. The maximum absolute atomic E-state index is 6.18. The van der Waals surface area contributed by atoms with Crippen molar-refractivity contribution in [2.45, 2.75) is 32.9 Å². The summed E-state index contributed by atoms with van der Waals surface area (Å²) in [6, 6.07) is 3.91. The van der Waals surface area contributed by atoms with Gasteiger partial charge >= 0.3 is 0 Å². The third kappa shape index (κ3) is 2.54. The van der Waals surface area contributed by atoms with Crippen LogP contribution < -0.4 is 10.5 Å². The molecule has 0 saturated carbocycles. The standard InChI is InChI=1S/C13H21NO2/c1-8-6-11(16-5)7-9(2)12(8)13(14)10(3)15-4/h6-7,10,13H,14H2,1-5H3. The number of methoxy groups -OCH3 is 2. The summed E-state index contributed by atoms with van der Waals surface area (Å²) in [5, 5.41) is 0. The molecule has 1 aromatic rings. The van der Waals surface area contributed by atoms with Gasteiger partial charge in [-0.1, -0.05) is 0 Å². The van der Waals surface area contributed by atoms with E-state index >= 15 is 0 Å². The lowest BCUT2D eigenvalue weighted by atomic mass is 9.93. The van der Waals surface area contributed by atoms with Gasteiger partial charge in [0.1, 0.15) is 5.75 Å². The first-order chi connectivity index (χ1) is 7.51. The lowest BCUT2D eigenvalue weighted by Gasteiger charge is -2.23. The van der Waals surface area contributed by atoms with Crippen LogP contribution in [-0.4, -0.2) is 20.3 Å². The molecule has 2 atom stereocenters.